The first-order chi connectivity index (χ1) is 21.8. The normalized spacial score (nSPS) is 13.6. The van der Waals surface area contributed by atoms with Gasteiger partial charge < -0.3 is 4.42 Å². The van der Waals surface area contributed by atoms with Crippen molar-refractivity contribution in [2.24, 2.45) is 0 Å². The molecule has 0 saturated carbocycles. The van der Waals surface area contributed by atoms with Crippen molar-refractivity contribution in [1.82, 2.24) is 9.97 Å². The van der Waals surface area contributed by atoms with Crippen LogP contribution in [0.3, 0.4) is 0 Å². The van der Waals surface area contributed by atoms with E-state index in [2.05, 4.69) is 133 Å². The third-order valence-electron chi connectivity index (χ3n) is 9.49. The van der Waals surface area contributed by atoms with Crippen LogP contribution in [0, 0.1) is 0 Å². The number of furan rings is 1. The Morgan fingerprint density at radius 1 is 0.477 bits per heavy atom. The molecule has 0 N–H and O–H groups in total. The van der Waals surface area contributed by atoms with Crippen molar-refractivity contribution < 1.29 is 4.42 Å². The van der Waals surface area contributed by atoms with Gasteiger partial charge >= 0.3 is 0 Å². The van der Waals surface area contributed by atoms with Gasteiger partial charge in [-0.1, -0.05) is 127 Å². The van der Waals surface area contributed by atoms with Gasteiger partial charge in [0.05, 0.1) is 11.2 Å². The van der Waals surface area contributed by atoms with Gasteiger partial charge in [-0.25, -0.2) is 9.97 Å². The van der Waals surface area contributed by atoms with Crippen LogP contribution in [0.5, 0.6) is 0 Å². The van der Waals surface area contributed by atoms with Gasteiger partial charge in [-0.15, -0.1) is 0 Å². The van der Waals surface area contributed by atoms with Gasteiger partial charge in [-0.2, -0.15) is 0 Å². The average molecular weight is 561 g/mol. The van der Waals surface area contributed by atoms with Gasteiger partial charge in [0.15, 0.2) is 5.82 Å². The topological polar surface area (TPSA) is 38.9 Å². The zero-order chi connectivity index (χ0) is 28.8. The predicted molar refractivity (Wildman–Crippen MR) is 176 cm³/mol. The minimum atomic E-state index is -0.577. The van der Waals surface area contributed by atoms with E-state index >= 15 is 0 Å². The fraction of sp³-hybridized carbons (Fsp3) is 0.0244. The summed E-state index contributed by atoms with van der Waals surface area (Å²) in [7, 11) is 0. The quantitative estimate of drug-likeness (QED) is 0.211. The molecule has 0 radical (unpaired) electrons. The minimum absolute atomic E-state index is 0.577. The van der Waals surface area contributed by atoms with Crippen molar-refractivity contribution in [2.75, 3.05) is 0 Å². The van der Waals surface area contributed by atoms with Crippen molar-refractivity contribution in [3.63, 3.8) is 0 Å². The summed E-state index contributed by atoms with van der Waals surface area (Å²) in [5.74, 6) is 1.71. The number of para-hydroxylation sites is 2. The van der Waals surface area contributed by atoms with Crippen molar-refractivity contribution in [3.8, 4) is 44.9 Å². The molecule has 1 spiro atoms. The minimum Gasteiger partial charge on any atom is -0.459 e. The highest BCUT2D eigenvalue weighted by molar-refractivity contribution is 6.05. The Kier molecular flexibility index (Phi) is 4.65. The lowest BCUT2D eigenvalue weighted by molar-refractivity contribution is 0.507. The molecule has 2 aliphatic carbocycles. The first-order valence-electron chi connectivity index (χ1n) is 15.0. The highest BCUT2D eigenvalue weighted by Gasteiger charge is 2.55. The third-order valence-corrected chi connectivity index (χ3v) is 9.49. The number of benzene rings is 6. The van der Waals surface area contributed by atoms with Gasteiger partial charge in [-0.05, 0) is 51.6 Å². The number of hydrogen-bond donors (Lipinski definition) is 0. The molecule has 0 atom stereocenters. The SMILES string of the molecule is c1ccc(-c2nc(-c3ccc4c(c3)C3(c5ccccc5-c5ccccc53)c3oc5ccccc5c3-4)nc3ccccc23)cc1. The molecule has 10 rings (SSSR count). The maximum absolute atomic E-state index is 6.89. The standard InChI is InChI=1S/C41H24N2O/c1-2-12-25(13-3-1)38-30-16-6-10-20-35(30)42-40(43-38)26-22-23-29-34(24-26)41(39-37(29)31-17-7-11-21-36(31)44-39)32-18-8-4-14-27(32)28-15-5-9-19-33(28)41/h1-24H. The largest absolute Gasteiger partial charge is 0.459 e. The van der Waals surface area contributed by atoms with E-state index in [9.17, 15) is 0 Å². The van der Waals surface area contributed by atoms with Crippen LogP contribution in [0.2, 0.25) is 0 Å². The van der Waals surface area contributed by atoms with Crippen LogP contribution >= 0.6 is 0 Å². The van der Waals surface area contributed by atoms with Crippen LogP contribution in [0.4, 0.5) is 0 Å². The Labute approximate surface area is 254 Å². The molecule has 0 saturated heterocycles. The zero-order valence-corrected chi connectivity index (χ0v) is 23.7. The van der Waals surface area contributed by atoms with E-state index in [0.717, 1.165) is 44.5 Å². The van der Waals surface area contributed by atoms with Gasteiger partial charge in [0.2, 0.25) is 0 Å². The Hall–Kier alpha value is -5.80. The molecule has 8 aromatic rings. The summed E-state index contributed by atoms with van der Waals surface area (Å²) in [5.41, 5.74) is 12.9. The molecule has 3 nitrogen and oxygen atoms in total. The summed E-state index contributed by atoms with van der Waals surface area (Å²) in [5, 5.41) is 2.19. The predicted octanol–water partition coefficient (Wildman–Crippen LogP) is 10.1. The number of hydrogen-bond acceptors (Lipinski definition) is 3. The lowest BCUT2D eigenvalue weighted by atomic mass is 9.73. The van der Waals surface area contributed by atoms with Crippen molar-refractivity contribution >= 4 is 21.9 Å². The van der Waals surface area contributed by atoms with Gasteiger partial charge in [0, 0.05) is 27.5 Å². The van der Waals surface area contributed by atoms with E-state index in [1.165, 1.54) is 38.9 Å². The van der Waals surface area contributed by atoms with E-state index in [-0.39, 0.29) is 0 Å². The fourth-order valence-electron chi connectivity index (χ4n) is 7.70. The van der Waals surface area contributed by atoms with Crippen molar-refractivity contribution in [2.45, 2.75) is 5.41 Å². The lowest BCUT2D eigenvalue weighted by Gasteiger charge is -2.28. The number of rotatable bonds is 2. The van der Waals surface area contributed by atoms with Crippen LogP contribution in [-0.2, 0) is 5.41 Å². The Morgan fingerprint density at radius 3 is 1.93 bits per heavy atom. The molecule has 2 heterocycles. The summed E-state index contributed by atoms with van der Waals surface area (Å²) < 4.78 is 6.89. The second kappa shape index (κ2) is 8.62. The average Bonchev–Trinajstić information content (AvgIpc) is 3.71. The van der Waals surface area contributed by atoms with E-state index in [0.29, 0.717) is 5.82 Å². The summed E-state index contributed by atoms with van der Waals surface area (Å²) in [6, 6.07) is 51.4. The summed E-state index contributed by atoms with van der Waals surface area (Å²) in [6.07, 6.45) is 0. The maximum Gasteiger partial charge on any atom is 0.160 e. The van der Waals surface area contributed by atoms with Gasteiger partial charge in [-0.3, -0.25) is 0 Å². The van der Waals surface area contributed by atoms with E-state index < -0.39 is 5.41 Å². The molecule has 0 aliphatic heterocycles. The van der Waals surface area contributed by atoms with Crippen molar-refractivity contribution in [1.29, 1.82) is 0 Å². The van der Waals surface area contributed by atoms with Gasteiger partial charge in [0.1, 0.15) is 16.8 Å². The molecule has 0 fully saturated rings. The fourth-order valence-corrected chi connectivity index (χ4v) is 7.70. The first kappa shape index (κ1) is 23.7. The Balaban J connectivity index is 1.30. The van der Waals surface area contributed by atoms with Crippen LogP contribution in [0.1, 0.15) is 22.5 Å². The Bertz CT molecular complexity index is 2410. The number of fused-ring (bicyclic) bond motifs is 13. The molecule has 0 bridgehead atoms. The summed E-state index contributed by atoms with van der Waals surface area (Å²) >= 11 is 0. The lowest BCUT2D eigenvalue weighted by Crippen LogP contribution is -2.25. The molecule has 2 aromatic heterocycles. The van der Waals surface area contributed by atoms with E-state index in [1.54, 1.807) is 0 Å². The molecule has 6 aromatic carbocycles. The smallest absolute Gasteiger partial charge is 0.160 e. The highest BCUT2D eigenvalue weighted by atomic mass is 16.3. The van der Waals surface area contributed by atoms with Gasteiger partial charge in [0.25, 0.3) is 0 Å². The van der Waals surface area contributed by atoms with E-state index in [4.69, 9.17) is 14.4 Å². The van der Waals surface area contributed by atoms with Crippen molar-refractivity contribution in [3.05, 3.63) is 168 Å². The maximum atomic E-state index is 6.89. The molecule has 204 valence electrons. The van der Waals surface area contributed by atoms with Crippen LogP contribution in [0.15, 0.2) is 150 Å². The molecule has 0 unspecified atom stereocenters. The summed E-state index contributed by atoms with van der Waals surface area (Å²) in [6.45, 7) is 0. The highest BCUT2D eigenvalue weighted by Crippen LogP contribution is 2.64. The second-order valence-electron chi connectivity index (χ2n) is 11.7. The first-order valence-corrected chi connectivity index (χ1v) is 15.0. The molecule has 3 heteroatoms. The number of nitrogens with zero attached hydrogens (tertiary/aromatic N) is 2. The van der Waals surface area contributed by atoms with E-state index in [1.807, 2.05) is 12.1 Å². The molecule has 44 heavy (non-hydrogen) atoms. The Morgan fingerprint density at radius 2 is 1.14 bits per heavy atom. The number of aromatic nitrogens is 2. The van der Waals surface area contributed by atoms with Crippen LogP contribution in [-0.4, -0.2) is 9.97 Å². The molecular formula is C41H24N2O. The molecule has 2 aliphatic rings. The van der Waals surface area contributed by atoms with Crippen LogP contribution in [0.25, 0.3) is 66.8 Å². The van der Waals surface area contributed by atoms with Crippen LogP contribution < -0.4 is 0 Å². The molecule has 0 amide bonds. The molecular weight excluding hydrogens is 536 g/mol. The summed E-state index contributed by atoms with van der Waals surface area (Å²) in [4.78, 5) is 10.3. The second-order valence-corrected chi connectivity index (χ2v) is 11.7. The monoisotopic (exact) mass is 560 g/mol. The third kappa shape index (κ3) is 2.96. The zero-order valence-electron chi connectivity index (χ0n) is 23.7.